The number of carbonyl (C=O) groups is 1. The maximum absolute atomic E-state index is 12.5. The minimum atomic E-state index is -0.0420. The minimum Gasteiger partial charge on any atom is -0.324 e. The topological polar surface area (TPSA) is 44.7 Å². The third kappa shape index (κ3) is 2.83. The number of nitrogens with zero attached hydrogens (tertiary/aromatic N) is 2. The number of aliphatic imine (C=N–C) groups is 1. The highest BCUT2D eigenvalue weighted by Gasteiger charge is 2.31. The van der Waals surface area contributed by atoms with Gasteiger partial charge in [0.1, 0.15) is 0 Å². The van der Waals surface area contributed by atoms with E-state index in [4.69, 9.17) is 0 Å². The Balaban J connectivity index is 1.81. The van der Waals surface area contributed by atoms with Crippen molar-refractivity contribution >= 4 is 28.5 Å². The molecule has 0 atom stereocenters. The zero-order valence-electron chi connectivity index (χ0n) is 12.6. The summed E-state index contributed by atoms with van der Waals surface area (Å²) in [6.07, 6.45) is 1.05. The summed E-state index contributed by atoms with van der Waals surface area (Å²) < 4.78 is 0. The van der Waals surface area contributed by atoms with E-state index in [2.05, 4.69) is 21.3 Å². The van der Waals surface area contributed by atoms with Crippen LogP contribution in [-0.2, 0) is 4.79 Å². The zero-order valence-corrected chi connectivity index (χ0v) is 13.4. The first-order chi connectivity index (χ1) is 10.0. The van der Waals surface area contributed by atoms with Gasteiger partial charge in [-0.2, -0.15) is 0 Å². The Hall–Kier alpha value is -1.75. The van der Waals surface area contributed by atoms with Crippen LogP contribution >= 0.6 is 11.8 Å². The number of carbonyl (C=O) groups excluding carboxylic acids is 1. The number of thioether (sulfide) groups is 1. The molecule has 1 aromatic rings. The first kappa shape index (κ1) is 14.2. The molecular formula is C16H19N3OS. The molecule has 0 saturated carbocycles. The van der Waals surface area contributed by atoms with Gasteiger partial charge in [-0.3, -0.25) is 9.79 Å². The lowest BCUT2D eigenvalue weighted by molar-refractivity contribution is -0.112. The van der Waals surface area contributed by atoms with Crippen LogP contribution in [0.3, 0.4) is 0 Å². The van der Waals surface area contributed by atoms with Gasteiger partial charge in [0, 0.05) is 24.5 Å². The predicted molar refractivity (Wildman–Crippen MR) is 88.5 cm³/mol. The van der Waals surface area contributed by atoms with E-state index in [1.807, 2.05) is 32.9 Å². The molecule has 4 nitrogen and oxygen atoms in total. The maximum atomic E-state index is 12.5. The highest BCUT2D eigenvalue weighted by atomic mass is 32.2. The van der Waals surface area contributed by atoms with E-state index in [-0.39, 0.29) is 5.91 Å². The number of fused-ring (bicyclic) bond motifs is 1. The molecule has 5 heteroatoms. The molecule has 0 aromatic heterocycles. The molecule has 0 aliphatic carbocycles. The molecule has 110 valence electrons. The van der Waals surface area contributed by atoms with E-state index >= 15 is 0 Å². The van der Waals surface area contributed by atoms with E-state index in [0.29, 0.717) is 0 Å². The Morgan fingerprint density at radius 1 is 1.24 bits per heavy atom. The Morgan fingerprint density at radius 2 is 1.95 bits per heavy atom. The van der Waals surface area contributed by atoms with Crippen molar-refractivity contribution in [1.82, 2.24) is 4.90 Å². The lowest BCUT2D eigenvalue weighted by Gasteiger charge is -2.23. The van der Waals surface area contributed by atoms with Gasteiger partial charge in [0.15, 0.2) is 5.17 Å². The average Bonchev–Trinajstić information content (AvgIpc) is 2.76. The van der Waals surface area contributed by atoms with Crippen LogP contribution in [0.15, 0.2) is 33.8 Å². The second kappa shape index (κ2) is 5.56. The van der Waals surface area contributed by atoms with Crippen molar-refractivity contribution in [2.45, 2.75) is 27.2 Å². The van der Waals surface area contributed by atoms with Crippen LogP contribution in [0.1, 0.15) is 24.5 Å². The van der Waals surface area contributed by atoms with Crippen LogP contribution < -0.4 is 5.32 Å². The summed E-state index contributed by atoms with van der Waals surface area (Å²) in [5.41, 5.74) is 4.17. The Kier molecular flexibility index (Phi) is 3.76. The van der Waals surface area contributed by atoms with Crippen molar-refractivity contribution in [3.63, 3.8) is 0 Å². The van der Waals surface area contributed by atoms with Crippen LogP contribution in [0, 0.1) is 13.8 Å². The monoisotopic (exact) mass is 301 g/mol. The van der Waals surface area contributed by atoms with Crippen molar-refractivity contribution in [2.75, 3.05) is 18.4 Å². The Labute approximate surface area is 129 Å². The number of amides is 1. The van der Waals surface area contributed by atoms with Crippen molar-refractivity contribution in [2.24, 2.45) is 4.99 Å². The summed E-state index contributed by atoms with van der Waals surface area (Å²) in [7, 11) is 0. The van der Waals surface area contributed by atoms with Gasteiger partial charge in [-0.05, 0) is 62.2 Å². The molecule has 0 radical (unpaired) electrons. The molecule has 2 aliphatic rings. The molecule has 0 unspecified atom stereocenters. The molecule has 21 heavy (non-hydrogen) atoms. The number of hydrogen-bond donors (Lipinski definition) is 1. The van der Waals surface area contributed by atoms with Gasteiger partial charge in [0.25, 0.3) is 5.91 Å². The fraction of sp³-hybridized carbons (Fsp3) is 0.375. The summed E-state index contributed by atoms with van der Waals surface area (Å²) in [5.74, 6) is -0.0420. The summed E-state index contributed by atoms with van der Waals surface area (Å²) in [6, 6.07) is 6.08. The number of anilines is 1. The fourth-order valence-electron chi connectivity index (χ4n) is 2.72. The predicted octanol–water partition coefficient (Wildman–Crippen LogP) is 3.28. The third-order valence-corrected chi connectivity index (χ3v) is 4.85. The van der Waals surface area contributed by atoms with E-state index in [1.54, 1.807) is 0 Å². The number of hydrogen-bond acceptors (Lipinski definition) is 4. The van der Waals surface area contributed by atoms with Gasteiger partial charge in [-0.25, -0.2) is 0 Å². The van der Waals surface area contributed by atoms with E-state index < -0.39 is 0 Å². The lowest BCUT2D eigenvalue weighted by Crippen LogP contribution is -2.28. The number of benzene rings is 1. The Bertz CT molecular complexity index is 643. The van der Waals surface area contributed by atoms with E-state index in [9.17, 15) is 4.79 Å². The van der Waals surface area contributed by atoms with Crippen molar-refractivity contribution < 1.29 is 4.79 Å². The van der Waals surface area contributed by atoms with Crippen LogP contribution in [0.5, 0.6) is 0 Å². The van der Waals surface area contributed by atoms with Crippen LogP contribution in [0.4, 0.5) is 5.69 Å². The molecule has 2 heterocycles. The molecule has 1 N–H and O–H groups in total. The SMILES string of the molecule is CC1=C(C(=O)Nc2cc(C)cc(C)c2)SC2=NCCCN21. The summed E-state index contributed by atoms with van der Waals surface area (Å²) in [5, 5.41) is 3.97. The smallest absolute Gasteiger partial charge is 0.264 e. The van der Waals surface area contributed by atoms with Crippen molar-refractivity contribution in [3.05, 3.63) is 39.9 Å². The minimum absolute atomic E-state index is 0.0420. The standard InChI is InChI=1S/C16H19N3OS/c1-10-7-11(2)9-13(8-10)18-15(20)14-12(3)19-6-4-5-17-16(19)21-14/h7-9H,4-6H2,1-3H3,(H,18,20). The molecule has 3 rings (SSSR count). The molecule has 2 aliphatic heterocycles. The first-order valence-electron chi connectivity index (χ1n) is 7.15. The van der Waals surface area contributed by atoms with Gasteiger partial charge in [-0.1, -0.05) is 6.07 Å². The summed E-state index contributed by atoms with van der Waals surface area (Å²) >= 11 is 1.48. The molecule has 0 bridgehead atoms. The molecule has 1 aromatic carbocycles. The van der Waals surface area contributed by atoms with Gasteiger partial charge >= 0.3 is 0 Å². The highest BCUT2D eigenvalue weighted by Crippen LogP contribution is 2.36. The number of amidine groups is 1. The molecule has 0 saturated heterocycles. The molecule has 0 fully saturated rings. The van der Waals surface area contributed by atoms with Crippen LogP contribution in [0.25, 0.3) is 0 Å². The molecule has 1 amide bonds. The van der Waals surface area contributed by atoms with Gasteiger partial charge in [0.05, 0.1) is 4.91 Å². The quantitative estimate of drug-likeness (QED) is 0.911. The number of nitrogens with one attached hydrogen (secondary N) is 1. The highest BCUT2D eigenvalue weighted by molar-refractivity contribution is 8.18. The number of rotatable bonds is 2. The van der Waals surface area contributed by atoms with E-state index in [1.165, 1.54) is 11.8 Å². The average molecular weight is 301 g/mol. The second-order valence-corrected chi connectivity index (χ2v) is 6.49. The number of aryl methyl sites for hydroxylation is 2. The van der Waals surface area contributed by atoms with Crippen molar-refractivity contribution in [3.8, 4) is 0 Å². The first-order valence-corrected chi connectivity index (χ1v) is 7.96. The fourth-order valence-corrected chi connectivity index (χ4v) is 3.79. The largest absolute Gasteiger partial charge is 0.324 e. The zero-order chi connectivity index (χ0) is 15.0. The van der Waals surface area contributed by atoms with Gasteiger partial charge < -0.3 is 10.2 Å². The maximum Gasteiger partial charge on any atom is 0.264 e. The summed E-state index contributed by atoms with van der Waals surface area (Å²) in [4.78, 5) is 19.9. The Morgan fingerprint density at radius 3 is 2.62 bits per heavy atom. The van der Waals surface area contributed by atoms with E-state index in [0.717, 1.165) is 52.1 Å². The van der Waals surface area contributed by atoms with Crippen LogP contribution in [-0.4, -0.2) is 29.1 Å². The van der Waals surface area contributed by atoms with Crippen molar-refractivity contribution in [1.29, 1.82) is 0 Å². The van der Waals surface area contributed by atoms with Gasteiger partial charge in [0.2, 0.25) is 0 Å². The third-order valence-electron chi connectivity index (χ3n) is 3.63. The lowest BCUT2D eigenvalue weighted by atomic mass is 10.1. The second-order valence-electron chi connectivity index (χ2n) is 5.52. The van der Waals surface area contributed by atoms with Crippen LogP contribution in [0.2, 0.25) is 0 Å². The van der Waals surface area contributed by atoms with Gasteiger partial charge in [-0.15, -0.1) is 0 Å². The normalized spacial score (nSPS) is 17.7. The molecule has 0 spiro atoms. The summed E-state index contributed by atoms with van der Waals surface area (Å²) in [6.45, 7) is 7.88. The molecular weight excluding hydrogens is 282 g/mol. The number of allylic oxidation sites excluding steroid dienone is 1.